The Bertz CT molecular complexity index is 663. The molecule has 7 heteroatoms. The van der Waals surface area contributed by atoms with Gasteiger partial charge >= 0.3 is 5.97 Å². The summed E-state index contributed by atoms with van der Waals surface area (Å²) < 4.78 is 11.1. The number of Topliss-reactive ketones (excluding diaryl/α,β-unsaturated/α-hetero) is 1. The summed E-state index contributed by atoms with van der Waals surface area (Å²) in [5.74, 6) is -2.04. The predicted molar refractivity (Wildman–Crippen MR) is 114 cm³/mol. The lowest BCUT2D eigenvalue weighted by atomic mass is 9.53. The van der Waals surface area contributed by atoms with Gasteiger partial charge in [0.05, 0.1) is 5.54 Å². The molecule has 172 valence electrons. The van der Waals surface area contributed by atoms with Crippen LogP contribution in [0.3, 0.4) is 0 Å². The molecule has 0 bridgehead atoms. The molecule has 30 heavy (non-hydrogen) atoms. The second kappa shape index (κ2) is 8.15. The predicted octanol–water partition coefficient (Wildman–Crippen LogP) is 2.21. The maximum absolute atomic E-state index is 12.8. The molecular formula is C23H40N2O5. The minimum atomic E-state index is -1.34. The van der Waals surface area contributed by atoms with E-state index in [2.05, 4.69) is 30.7 Å². The van der Waals surface area contributed by atoms with Gasteiger partial charge in [-0.1, -0.05) is 0 Å². The van der Waals surface area contributed by atoms with Gasteiger partial charge in [-0.3, -0.25) is 19.4 Å². The van der Waals surface area contributed by atoms with E-state index in [-0.39, 0.29) is 24.2 Å². The zero-order chi connectivity index (χ0) is 22.4. The summed E-state index contributed by atoms with van der Waals surface area (Å²) in [6, 6.07) is 0.557. The fourth-order valence-corrected chi connectivity index (χ4v) is 5.50. The van der Waals surface area contributed by atoms with Gasteiger partial charge in [-0.2, -0.15) is 0 Å². The van der Waals surface area contributed by atoms with Crippen LogP contribution in [0.4, 0.5) is 0 Å². The highest BCUT2D eigenvalue weighted by Crippen LogP contribution is 2.57. The van der Waals surface area contributed by atoms with Crippen LogP contribution >= 0.6 is 0 Å². The van der Waals surface area contributed by atoms with Gasteiger partial charge in [0, 0.05) is 45.5 Å². The second-order valence-corrected chi connectivity index (χ2v) is 10.9. The third-order valence-corrected chi connectivity index (χ3v) is 7.89. The number of hydrogen-bond acceptors (Lipinski definition) is 7. The molecule has 2 spiro atoms. The van der Waals surface area contributed by atoms with E-state index in [1.165, 1.54) is 7.11 Å². The Morgan fingerprint density at radius 1 is 1.13 bits per heavy atom. The summed E-state index contributed by atoms with van der Waals surface area (Å²) in [5.41, 5.74) is -1.11. The molecule has 1 aliphatic carbocycles. The standard InChI is InChI=1S/C23H40N2O5/c1-17(2)25-14-21(15-25)12-22(13-21)16-30-19(27)20(3,4)18(26)8-10-23(28,29-6)9-7-11-24(22)5/h17,28H,7-16H2,1-6H3/t23-/m1/s1. The highest BCUT2D eigenvalue weighted by molar-refractivity contribution is 6.02. The average molecular weight is 425 g/mol. The highest BCUT2D eigenvalue weighted by atomic mass is 16.6. The number of likely N-dealkylation sites (N-methyl/N-ethyl adjacent to an activating group) is 1. The molecule has 3 aliphatic rings. The summed E-state index contributed by atoms with van der Waals surface area (Å²) >= 11 is 0. The van der Waals surface area contributed by atoms with Crippen LogP contribution in [0.2, 0.25) is 0 Å². The zero-order valence-electron chi connectivity index (χ0n) is 19.6. The van der Waals surface area contributed by atoms with Crippen LogP contribution in [0.1, 0.15) is 66.2 Å². The van der Waals surface area contributed by atoms with E-state index in [1.54, 1.807) is 13.8 Å². The molecule has 0 amide bonds. The number of methoxy groups -OCH3 is 1. The maximum atomic E-state index is 12.8. The van der Waals surface area contributed by atoms with Gasteiger partial charge in [0.2, 0.25) is 0 Å². The second-order valence-electron chi connectivity index (χ2n) is 10.9. The third kappa shape index (κ3) is 4.31. The molecular weight excluding hydrogens is 384 g/mol. The number of ether oxygens (including phenoxy) is 2. The molecule has 0 unspecified atom stereocenters. The number of esters is 1. The van der Waals surface area contributed by atoms with Crippen LogP contribution < -0.4 is 0 Å². The summed E-state index contributed by atoms with van der Waals surface area (Å²) in [7, 11) is 3.56. The largest absolute Gasteiger partial charge is 0.463 e. The van der Waals surface area contributed by atoms with E-state index in [1.807, 2.05) is 0 Å². The van der Waals surface area contributed by atoms with Crippen LogP contribution in [0, 0.1) is 10.8 Å². The number of carbonyl (C=O) groups excluding carboxylic acids is 2. The van der Waals surface area contributed by atoms with Crippen molar-refractivity contribution in [1.82, 2.24) is 9.80 Å². The van der Waals surface area contributed by atoms with Gasteiger partial charge in [-0.25, -0.2) is 0 Å². The number of likely N-dealkylation sites (tertiary alicyclic amines) is 1. The number of rotatable bonds is 2. The lowest BCUT2D eigenvalue weighted by molar-refractivity contribution is -0.200. The molecule has 3 fully saturated rings. The first-order valence-electron chi connectivity index (χ1n) is 11.3. The van der Waals surface area contributed by atoms with Crippen molar-refractivity contribution in [2.75, 3.05) is 40.4 Å². The summed E-state index contributed by atoms with van der Waals surface area (Å²) in [5, 5.41) is 10.8. The maximum Gasteiger partial charge on any atom is 0.319 e. The van der Waals surface area contributed by atoms with Crippen molar-refractivity contribution < 1.29 is 24.2 Å². The SMILES string of the molecule is CO[C@]1(O)CCCN(C)C2(COC(=O)C(C)(C)C(=O)CC1)CC1(CN(C(C)C)C1)C2. The fourth-order valence-electron chi connectivity index (χ4n) is 5.50. The quantitative estimate of drug-likeness (QED) is 0.414. The number of aliphatic hydroxyl groups is 1. The third-order valence-electron chi connectivity index (χ3n) is 7.89. The molecule has 2 heterocycles. The molecule has 0 aromatic carbocycles. The first kappa shape index (κ1) is 23.6. The summed E-state index contributed by atoms with van der Waals surface area (Å²) in [6.45, 7) is 11.0. The van der Waals surface area contributed by atoms with Gasteiger partial charge in [-0.15, -0.1) is 0 Å². The zero-order valence-corrected chi connectivity index (χ0v) is 19.6. The Hall–Kier alpha value is -1.02. The summed E-state index contributed by atoms with van der Waals surface area (Å²) in [4.78, 5) is 30.4. The number of ketones is 1. The molecule has 2 saturated heterocycles. The molecule has 1 N–H and O–H groups in total. The van der Waals surface area contributed by atoms with Crippen molar-refractivity contribution in [3.05, 3.63) is 0 Å². The first-order valence-corrected chi connectivity index (χ1v) is 11.3. The minimum absolute atomic E-state index is 0.0849. The topological polar surface area (TPSA) is 79.3 Å². The normalized spacial score (nSPS) is 32.7. The molecule has 1 atom stereocenters. The van der Waals surface area contributed by atoms with E-state index in [0.29, 0.717) is 24.5 Å². The van der Waals surface area contributed by atoms with Gasteiger partial charge < -0.3 is 14.6 Å². The Morgan fingerprint density at radius 2 is 1.77 bits per heavy atom. The summed E-state index contributed by atoms with van der Waals surface area (Å²) in [6.07, 6.45) is 3.47. The molecule has 7 nitrogen and oxygen atoms in total. The Kier molecular flexibility index (Phi) is 6.42. The Morgan fingerprint density at radius 3 is 2.33 bits per heavy atom. The number of carbonyl (C=O) groups is 2. The molecule has 3 rings (SSSR count). The van der Waals surface area contributed by atoms with E-state index >= 15 is 0 Å². The van der Waals surface area contributed by atoms with Crippen molar-refractivity contribution in [2.24, 2.45) is 10.8 Å². The molecule has 0 radical (unpaired) electrons. The van der Waals surface area contributed by atoms with Gasteiger partial charge in [0.1, 0.15) is 17.8 Å². The number of hydrogen-bond donors (Lipinski definition) is 1. The van der Waals surface area contributed by atoms with Crippen molar-refractivity contribution >= 4 is 11.8 Å². The minimum Gasteiger partial charge on any atom is -0.463 e. The van der Waals surface area contributed by atoms with Crippen LogP contribution in [0.15, 0.2) is 0 Å². The van der Waals surface area contributed by atoms with Crippen molar-refractivity contribution in [1.29, 1.82) is 0 Å². The van der Waals surface area contributed by atoms with Crippen LogP contribution in [0.5, 0.6) is 0 Å². The monoisotopic (exact) mass is 424 g/mol. The average Bonchev–Trinajstić information content (AvgIpc) is 2.62. The Labute approximate surface area is 181 Å². The number of nitrogens with zero attached hydrogens (tertiary/aromatic N) is 2. The van der Waals surface area contributed by atoms with E-state index in [9.17, 15) is 14.7 Å². The van der Waals surface area contributed by atoms with Crippen LogP contribution in [0.25, 0.3) is 0 Å². The lowest BCUT2D eigenvalue weighted by Gasteiger charge is -2.67. The van der Waals surface area contributed by atoms with Crippen molar-refractivity contribution in [3.63, 3.8) is 0 Å². The highest BCUT2D eigenvalue weighted by Gasteiger charge is 2.62. The van der Waals surface area contributed by atoms with Gasteiger partial charge in [0.25, 0.3) is 0 Å². The van der Waals surface area contributed by atoms with Gasteiger partial charge in [0.15, 0.2) is 5.79 Å². The molecule has 0 aromatic rings. The lowest BCUT2D eigenvalue weighted by Crippen LogP contribution is -2.74. The molecule has 1 saturated carbocycles. The fraction of sp³-hybridized carbons (Fsp3) is 0.913. The van der Waals surface area contributed by atoms with E-state index in [0.717, 1.165) is 38.9 Å². The van der Waals surface area contributed by atoms with Gasteiger partial charge in [-0.05, 0) is 66.0 Å². The first-order chi connectivity index (χ1) is 13.9. The van der Waals surface area contributed by atoms with Crippen molar-refractivity contribution in [3.8, 4) is 0 Å². The van der Waals surface area contributed by atoms with Crippen LogP contribution in [-0.4, -0.2) is 84.4 Å². The van der Waals surface area contributed by atoms with Crippen LogP contribution in [-0.2, 0) is 19.1 Å². The van der Waals surface area contributed by atoms with E-state index < -0.39 is 17.2 Å². The Balaban J connectivity index is 1.76. The molecule has 2 aliphatic heterocycles. The van der Waals surface area contributed by atoms with E-state index in [4.69, 9.17) is 9.47 Å². The number of cyclic esters (lactones) is 1. The molecule has 0 aromatic heterocycles. The van der Waals surface area contributed by atoms with Crippen molar-refractivity contribution in [2.45, 2.75) is 83.6 Å². The smallest absolute Gasteiger partial charge is 0.319 e.